The van der Waals surface area contributed by atoms with Crippen molar-refractivity contribution in [3.8, 4) is 0 Å². The van der Waals surface area contributed by atoms with E-state index in [2.05, 4.69) is 37.6 Å². The number of nitrogens with zero attached hydrogens (tertiary/aromatic N) is 1. The van der Waals surface area contributed by atoms with Gasteiger partial charge in [-0.15, -0.1) is 0 Å². The van der Waals surface area contributed by atoms with Gasteiger partial charge in [0.15, 0.2) is 0 Å². The Balaban J connectivity index is 2.17. The second-order valence-corrected chi connectivity index (χ2v) is 9.47. The van der Waals surface area contributed by atoms with Crippen LogP contribution in [-0.2, 0) is 25.0 Å². The Hall–Kier alpha value is -0.990. The zero-order valence-corrected chi connectivity index (χ0v) is 16.6. The Kier molecular flexibility index (Phi) is 6.62. The van der Waals surface area contributed by atoms with Crippen LogP contribution in [0.15, 0.2) is 24.3 Å². The molecule has 1 heterocycles. The minimum absolute atomic E-state index is 0.0605. The largest absolute Gasteiger partial charge is 0.385 e. The highest BCUT2D eigenvalue weighted by Gasteiger charge is 2.43. The summed E-state index contributed by atoms with van der Waals surface area (Å²) in [6, 6.07) is 7.82. The van der Waals surface area contributed by atoms with E-state index in [1.165, 1.54) is 5.56 Å². The van der Waals surface area contributed by atoms with E-state index in [1.807, 2.05) is 12.1 Å². The molecule has 1 N–H and O–H groups in total. The smallest absolute Gasteiger partial charge is 0.218 e. The van der Waals surface area contributed by atoms with Crippen LogP contribution >= 0.6 is 0 Å². The van der Waals surface area contributed by atoms with E-state index in [9.17, 15) is 8.42 Å². The Morgan fingerprint density at radius 2 is 1.92 bits per heavy atom. The molecular weight excluding hydrogens is 340 g/mol. The van der Waals surface area contributed by atoms with Gasteiger partial charge in [-0.25, -0.2) is 13.1 Å². The molecule has 25 heavy (non-hydrogen) atoms. The monoisotopic (exact) mass is 370 g/mol. The summed E-state index contributed by atoms with van der Waals surface area (Å²) in [4.78, 5) is 5.53. The lowest BCUT2D eigenvalue weighted by Gasteiger charge is -2.25. The number of nitrogens with one attached hydrogen (secondary N) is 1. The Morgan fingerprint density at radius 3 is 2.48 bits per heavy atom. The third-order valence-corrected chi connectivity index (χ3v) is 6.33. The third kappa shape index (κ3) is 5.01. The molecule has 2 atom stereocenters. The summed E-state index contributed by atoms with van der Waals surface area (Å²) >= 11 is 0. The molecule has 0 radical (unpaired) electrons. The first-order valence-electron chi connectivity index (χ1n) is 8.60. The summed E-state index contributed by atoms with van der Waals surface area (Å²) in [5, 5.41) is 1.01. The van der Waals surface area contributed by atoms with Crippen LogP contribution in [0, 0.1) is 0 Å². The van der Waals surface area contributed by atoms with Crippen LogP contribution in [-0.4, -0.2) is 52.6 Å². The van der Waals surface area contributed by atoms with Gasteiger partial charge in [0.2, 0.25) is 10.0 Å². The van der Waals surface area contributed by atoms with E-state index < -0.39 is 15.3 Å². The number of ether oxygens (including phenoxy) is 1. The molecule has 1 aliphatic rings. The third-order valence-electron chi connectivity index (χ3n) is 4.53. The molecule has 1 aliphatic heterocycles. The summed E-state index contributed by atoms with van der Waals surface area (Å²) in [5.74, 6) is 0. The summed E-state index contributed by atoms with van der Waals surface area (Å²) < 4.78 is 33.0. The number of hydrogen-bond acceptors (Lipinski definition) is 5. The fourth-order valence-corrected chi connectivity index (χ4v) is 4.55. The lowest BCUT2D eigenvalue weighted by Crippen LogP contribution is -2.39. The molecule has 0 aromatic heterocycles. The Bertz CT molecular complexity index is 653. The van der Waals surface area contributed by atoms with Gasteiger partial charge >= 0.3 is 0 Å². The summed E-state index contributed by atoms with van der Waals surface area (Å²) in [6.07, 6.45) is 0.643. The van der Waals surface area contributed by atoms with Crippen molar-refractivity contribution in [1.82, 2.24) is 9.79 Å². The number of sulfonamides is 1. The predicted octanol–water partition coefficient (Wildman–Crippen LogP) is 2.23. The normalized spacial score (nSPS) is 22.4. The number of methoxy groups -OCH3 is 1. The van der Waals surface area contributed by atoms with Crippen molar-refractivity contribution < 1.29 is 18.0 Å². The standard InChI is InChI=1S/C18H30N2O4S/c1-18(2,3)15-9-7-14(8-10-15)17-16(13-24-20(17)4)25(21,22)19-11-6-12-23-5/h7-10,16-17,19H,6,11-13H2,1-5H3/t16-,17+/m0/s1. The maximum absolute atomic E-state index is 12.7. The van der Waals surface area contributed by atoms with Gasteiger partial charge < -0.3 is 4.74 Å². The van der Waals surface area contributed by atoms with E-state index >= 15 is 0 Å². The van der Waals surface area contributed by atoms with Crippen LogP contribution in [0.3, 0.4) is 0 Å². The van der Waals surface area contributed by atoms with Crippen LogP contribution in [0.1, 0.15) is 44.4 Å². The Labute approximate surface area is 151 Å². The second kappa shape index (κ2) is 8.14. The quantitative estimate of drug-likeness (QED) is 0.746. The van der Waals surface area contributed by atoms with Crippen molar-refractivity contribution >= 4 is 10.0 Å². The van der Waals surface area contributed by atoms with Gasteiger partial charge in [-0.05, 0) is 23.0 Å². The number of hydrogen-bond donors (Lipinski definition) is 1. The molecule has 7 heteroatoms. The summed E-state index contributed by atoms with van der Waals surface area (Å²) in [5.41, 5.74) is 2.22. The minimum atomic E-state index is -3.48. The fourth-order valence-electron chi connectivity index (χ4n) is 3.00. The second-order valence-electron chi connectivity index (χ2n) is 7.48. The SMILES string of the molecule is COCCCNS(=O)(=O)[C@H]1CON(C)[C@@H]1c1ccc(C(C)(C)C)cc1. The minimum Gasteiger partial charge on any atom is -0.385 e. The molecule has 0 amide bonds. The van der Waals surface area contributed by atoms with Crippen LogP contribution in [0.2, 0.25) is 0 Å². The van der Waals surface area contributed by atoms with Gasteiger partial charge in [-0.1, -0.05) is 45.0 Å². The van der Waals surface area contributed by atoms with Crippen LogP contribution in [0.5, 0.6) is 0 Å². The van der Waals surface area contributed by atoms with E-state index in [0.717, 1.165) is 5.56 Å². The number of rotatable bonds is 7. The average molecular weight is 371 g/mol. The van der Waals surface area contributed by atoms with Gasteiger partial charge in [0.05, 0.1) is 12.6 Å². The molecule has 0 saturated carbocycles. The predicted molar refractivity (Wildman–Crippen MR) is 98.8 cm³/mol. The molecule has 142 valence electrons. The molecular formula is C18H30N2O4S. The van der Waals surface area contributed by atoms with Crippen LogP contribution in [0.25, 0.3) is 0 Å². The molecule has 6 nitrogen and oxygen atoms in total. The molecule has 1 aromatic carbocycles. The van der Waals surface area contributed by atoms with Gasteiger partial charge in [-0.2, -0.15) is 5.06 Å². The van der Waals surface area contributed by atoms with Crippen molar-refractivity contribution in [2.75, 3.05) is 33.9 Å². The zero-order valence-electron chi connectivity index (χ0n) is 15.8. The molecule has 0 unspecified atom stereocenters. The van der Waals surface area contributed by atoms with E-state index in [1.54, 1.807) is 19.2 Å². The van der Waals surface area contributed by atoms with Gasteiger partial charge in [0, 0.05) is 27.3 Å². The van der Waals surface area contributed by atoms with Crippen molar-refractivity contribution in [2.24, 2.45) is 0 Å². The number of benzene rings is 1. The first kappa shape index (κ1) is 20.3. The molecule has 2 rings (SSSR count). The Morgan fingerprint density at radius 1 is 1.28 bits per heavy atom. The van der Waals surface area contributed by atoms with Crippen molar-refractivity contribution in [3.05, 3.63) is 35.4 Å². The first-order valence-corrected chi connectivity index (χ1v) is 10.1. The van der Waals surface area contributed by atoms with Crippen LogP contribution in [0.4, 0.5) is 0 Å². The lowest BCUT2D eigenvalue weighted by atomic mass is 9.86. The summed E-state index contributed by atoms with van der Waals surface area (Å²) in [7, 11) is -0.0982. The summed E-state index contributed by atoms with van der Waals surface area (Å²) in [6.45, 7) is 7.52. The molecule has 0 spiro atoms. The van der Waals surface area contributed by atoms with Crippen molar-refractivity contribution in [3.63, 3.8) is 0 Å². The highest BCUT2D eigenvalue weighted by atomic mass is 32.2. The average Bonchev–Trinajstić information content (AvgIpc) is 2.93. The molecule has 0 aliphatic carbocycles. The van der Waals surface area contributed by atoms with Crippen molar-refractivity contribution in [2.45, 2.75) is 43.9 Å². The zero-order chi connectivity index (χ0) is 18.7. The van der Waals surface area contributed by atoms with Crippen molar-refractivity contribution in [1.29, 1.82) is 0 Å². The van der Waals surface area contributed by atoms with Gasteiger partial charge in [-0.3, -0.25) is 4.84 Å². The highest BCUT2D eigenvalue weighted by Crippen LogP contribution is 2.34. The van der Waals surface area contributed by atoms with Gasteiger partial charge in [0.25, 0.3) is 0 Å². The lowest BCUT2D eigenvalue weighted by molar-refractivity contribution is -0.110. The van der Waals surface area contributed by atoms with Crippen LogP contribution < -0.4 is 4.72 Å². The highest BCUT2D eigenvalue weighted by molar-refractivity contribution is 7.90. The van der Waals surface area contributed by atoms with E-state index in [-0.39, 0.29) is 18.1 Å². The number of hydroxylamine groups is 2. The van der Waals surface area contributed by atoms with E-state index in [0.29, 0.717) is 19.6 Å². The van der Waals surface area contributed by atoms with Gasteiger partial charge in [0.1, 0.15) is 5.25 Å². The fraction of sp³-hybridized carbons (Fsp3) is 0.667. The molecule has 1 fully saturated rings. The molecule has 1 saturated heterocycles. The maximum atomic E-state index is 12.7. The molecule has 1 aromatic rings. The topological polar surface area (TPSA) is 67.9 Å². The first-order chi connectivity index (χ1) is 11.7. The molecule has 0 bridgehead atoms. The maximum Gasteiger partial charge on any atom is 0.218 e. The van der Waals surface area contributed by atoms with E-state index in [4.69, 9.17) is 9.57 Å².